The van der Waals surface area contributed by atoms with Crippen molar-refractivity contribution in [3.05, 3.63) is 12.2 Å². The maximum atomic E-state index is 12.4. The maximum Gasteiger partial charge on any atom is 0.333 e. The highest BCUT2D eigenvalue weighted by atomic mass is 16.6. The van der Waals surface area contributed by atoms with Gasteiger partial charge in [-0.25, -0.2) is 4.79 Å². The highest BCUT2D eigenvalue weighted by molar-refractivity contribution is 5.87. The SMILES string of the molecule is C=C(C)C(=O)OCCOC(C)(C)C(=O)NCC1CCCC(CNC=O)C1. The quantitative estimate of drug-likeness (QED) is 0.250. The van der Waals surface area contributed by atoms with Crippen LogP contribution >= 0.6 is 0 Å². The fourth-order valence-corrected chi connectivity index (χ4v) is 3.06. The highest BCUT2D eigenvalue weighted by Crippen LogP contribution is 2.28. The Hall–Kier alpha value is -1.89. The predicted molar refractivity (Wildman–Crippen MR) is 98.3 cm³/mol. The lowest BCUT2D eigenvalue weighted by molar-refractivity contribution is -0.149. The van der Waals surface area contributed by atoms with E-state index in [9.17, 15) is 14.4 Å². The minimum absolute atomic E-state index is 0.0798. The Kier molecular flexibility index (Phi) is 9.34. The summed E-state index contributed by atoms with van der Waals surface area (Å²) in [6.07, 6.45) is 5.04. The Labute approximate surface area is 155 Å². The average Bonchev–Trinajstić information content (AvgIpc) is 2.61. The molecule has 1 aliphatic carbocycles. The average molecular weight is 368 g/mol. The van der Waals surface area contributed by atoms with E-state index in [2.05, 4.69) is 17.2 Å². The Morgan fingerprint density at radius 3 is 2.46 bits per heavy atom. The molecule has 2 N–H and O–H groups in total. The second kappa shape index (κ2) is 11.0. The molecule has 0 heterocycles. The van der Waals surface area contributed by atoms with E-state index in [1.165, 1.54) is 0 Å². The van der Waals surface area contributed by atoms with Crippen molar-refractivity contribution in [1.29, 1.82) is 0 Å². The van der Waals surface area contributed by atoms with Crippen LogP contribution in [0.5, 0.6) is 0 Å². The molecule has 1 fully saturated rings. The predicted octanol–water partition coefficient (Wildman–Crippen LogP) is 1.57. The molecule has 1 aliphatic rings. The van der Waals surface area contributed by atoms with Crippen molar-refractivity contribution in [1.82, 2.24) is 10.6 Å². The number of esters is 1. The molecule has 2 atom stereocenters. The molecule has 1 rings (SSSR count). The summed E-state index contributed by atoms with van der Waals surface area (Å²) in [4.78, 5) is 34.1. The molecule has 0 aromatic heterocycles. The van der Waals surface area contributed by atoms with Crippen molar-refractivity contribution in [3.63, 3.8) is 0 Å². The molecular formula is C19H32N2O5. The largest absolute Gasteiger partial charge is 0.460 e. The maximum absolute atomic E-state index is 12.4. The summed E-state index contributed by atoms with van der Waals surface area (Å²) in [5.74, 6) is 0.241. The number of carbonyl (C=O) groups excluding carboxylic acids is 3. The zero-order valence-corrected chi connectivity index (χ0v) is 16.1. The second-order valence-corrected chi connectivity index (χ2v) is 7.41. The van der Waals surface area contributed by atoms with Gasteiger partial charge in [-0.2, -0.15) is 0 Å². The monoisotopic (exact) mass is 368 g/mol. The molecule has 7 heteroatoms. The smallest absolute Gasteiger partial charge is 0.333 e. The number of hydrogen-bond donors (Lipinski definition) is 2. The van der Waals surface area contributed by atoms with Crippen molar-refractivity contribution in [3.8, 4) is 0 Å². The van der Waals surface area contributed by atoms with Crippen molar-refractivity contribution in [2.24, 2.45) is 11.8 Å². The van der Waals surface area contributed by atoms with Gasteiger partial charge in [0.05, 0.1) is 6.61 Å². The van der Waals surface area contributed by atoms with Crippen LogP contribution in [0, 0.1) is 11.8 Å². The van der Waals surface area contributed by atoms with Gasteiger partial charge in [-0.3, -0.25) is 9.59 Å². The third kappa shape index (κ3) is 7.99. The third-order valence-corrected chi connectivity index (χ3v) is 4.61. The van der Waals surface area contributed by atoms with Gasteiger partial charge >= 0.3 is 5.97 Å². The lowest BCUT2D eigenvalue weighted by Gasteiger charge is -2.30. The molecule has 26 heavy (non-hydrogen) atoms. The van der Waals surface area contributed by atoms with Gasteiger partial charge in [0, 0.05) is 18.7 Å². The number of ether oxygens (including phenoxy) is 2. The van der Waals surface area contributed by atoms with Crippen LogP contribution in [-0.2, 0) is 23.9 Å². The van der Waals surface area contributed by atoms with E-state index in [1.54, 1.807) is 20.8 Å². The molecule has 0 aromatic carbocycles. The van der Waals surface area contributed by atoms with E-state index in [1.807, 2.05) is 0 Å². The van der Waals surface area contributed by atoms with Crippen LogP contribution in [0.25, 0.3) is 0 Å². The van der Waals surface area contributed by atoms with Crippen molar-refractivity contribution in [2.45, 2.75) is 52.1 Å². The summed E-state index contributed by atoms with van der Waals surface area (Å²) in [7, 11) is 0. The molecule has 7 nitrogen and oxygen atoms in total. The number of amides is 2. The highest BCUT2D eigenvalue weighted by Gasteiger charge is 2.30. The van der Waals surface area contributed by atoms with E-state index in [0.717, 1.165) is 32.1 Å². The molecule has 148 valence electrons. The molecule has 0 spiro atoms. The van der Waals surface area contributed by atoms with Gasteiger partial charge in [0.15, 0.2) is 0 Å². The Bertz CT molecular complexity index is 504. The van der Waals surface area contributed by atoms with Crippen molar-refractivity contribution < 1.29 is 23.9 Å². The van der Waals surface area contributed by atoms with E-state index in [0.29, 0.717) is 30.5 Å². The van der Waals surface area contributed by atoms with Crippen LogP contribution in [0.3, 0.4) is 0 Å². The Morgan fingerprint density at radius 2 is 1.85 bits per heavy atom. The summed E-state index contributed by atoms with van der Waals surface area (Å²) in [6, 6.07) is 0. The summed E-state index contributed by atoms with van der Waals surface area (Å²) in [5.41, 5.74) is -0.667. The fourth-order valence-electron chi connectivity index (χ4n) is 3.06. The van der Waals surface area contributed by atoms with Crippen LogP contribution in [0.4, 0.5) is 0 Å². The molecule has 2 amide bonds. The summed E-state index contributed by atoms with van der Waals surface area (Å²) >= 11 is 0. The molecule has 0 aliphatic heterocycles. The summed E-state index contributed by atoms with van der Waals surface area (Å²) in [5, 5.41) is 5.70. The molecule has 2 unspecified atom stereocenters. The topological polar surface area (TPSA) is 93.7 Å². The lowest BCUT2D eigenvalue weighted by atomic mass is 9.81. The van der Waals surface area contributed by atoms with Crippen LogP contribution in [0.15, 0.2) is 12.2 Å². The Morgan fingerprint density at radius 1 is 1.19 bits per heavy atom. The Balaban J connectivity index is 2.30. The molecule has 0 radical (unpaired) electrons. The van der Waals surface area contributed by atoms with Crippen molar-refractivity contribution >= 4 is 18.3 Å². The summed E-state index contributed by atoms with van der Waals surface area (Å²) in [6.45, 7) is 9.99. The third-order valence-electron chi connectivity index (χ3n) is 4.61. The number of hydrogen-bond acceptors (Lipinski definition) is 5. The molecule has 0 bridgehead atoms. The van der Waals surface area contributed by atoms with E-state index in [4.69, 9.17) is 9.47 Å². The first-order valence-corrected chi connectivity index (χ1v) is 9.18. The lowest BCUT2D eigenvalue weighted by Crippen LogP contribution is -2.46. The minimum atomic E-state index is -0.997. The molecule has 0 aromatic rings. The van der Waals surface area contributed by atoms with Gasteiger partial charge in [0.1, 0.15) is 12.2 Å². The molecule has 0 saturated heterocycles. The van der Waals surface area contributed by atoms with E-state index in [-0.39, 0.29) is 19.1 Å². The van der Waals surface area contributed by atoms with Crippen LogP contribution in [0.2, 0.25) is 0 Å². The number of nitrogens with one attached hydrogen (secondary N) is 2. The first-order valence-electron chi connectivity index (χ1n) is 9.18. The number of carbonyl (C=O) groups is 3. The van der Waals surface area contributed by atoms with Gasteiger partial charge in [-0.1, -0.05) is 13.0 Å². The zero-order chi connectivity index (χ0) is 19.6. The van der Waals surface area contributed by atoms with Gasteiger partial charge in [-0.15, -0.1) is 0 Å². The standard InChI is InChI=1S/C19H32N2O5/c1-14(2)17(23)25-8-9-26-19(3,4)18(24)21-12-16-7-5-6-15(10-16)11-20-13-22/h13,15-16H,1,5-12H2,2-4H3,(H,20,22)(H,21,24). The van der Waals surface area contributed by atoms with E-state index < -0.39 is 11.6 Å². The van der Waals surface area contributed by atoms with Crippen LogP contribution in [-0.4, -0.2) is 50.2 Å². The zero-order valence-electron chi connectivity index (χ0n) is 16.1. The van der Waals surface area contributed by atoms with Gasteiger partial charge < -0.3 is 20.1 Å². The van der Waals surface area contributed by atoms with Gasteiger partial charge in [0.2, 0.25) is 6.41 Å². The van der Waals surface area contributed by atoms with E-state index >= 15 is 0 Å². The first-order chi connectivity index (χ1) is 12.3. The fraction of sp³-hybridized carbons (Fsp3) is 0.737. The van der Waals surface area contributed by atoms with Gasteiger partial charge in [0.25, 0.3) is 5.91 Å². The second-order valence-electron chi connectivity index (χ2n) is 7.41. The van der Waals surface area contributed by atoms with Crippen LogP contribution < -0.4 is 10.6 Å². The van der Waals surface area contributed by atoms with Crippen molar-refractivity contribution in [2.75, 3.05) is 26.3 Å². The first kappa shape index (κ1) is 22.2. The minimum Gasteiger partial charge on any atom is -0.460 e. The normalized spacial score (nSPS) is 20.1. The van der Waals surface area contributed by atoms with Gasteiger partial charge in [-0.05, 0) is 51.9 Å². The van der Waals surface area contributed by atoms with Crippen LogP contribution in [0.1, 0.15) is 46.5 Å². The molecule has 1 saturated carbocycles. The molecular weight excluding hydrogens is 336 g/mol. The number of rotatable bonds is 11. The summed E-state index contributed by atoms with van der Waals surface area (Å²) < 4.78 is 10.5.